The summed E-state index contributed by atoms with van der Waals surface area (Å²) in [5.41, 5.74) is 9.29. The van der Waals surface area contributed by atoms with Crippen LogP contribution in [0.4, 0.5) is 11.4 Å². The first-order valence-corrected chi connectivity index (χ1v) is 8.37. The summed E-state index contributed by atoms with van der Waals surface area (Å²) in [5, 5.41) is 14.5. The van der Waals surface area contributed by atoms with E-state index in [0.29, 0.717) is 12.6 Å². The highest BCUT2D eigenvalue weighted by Crippen LogP contribution is 2.31. The van der Waals surface area contributed by atoms with Gasteiger partial charge >= 0.3 is 0 Å². The fourth-order valence-corrected chi connectivity index (χ4v) is 3.18. The molecule has 2 aliphatic rings. The SMILES string of the molecule is N=C/C(=C\NC1CC(CCCN)C1)C1=Nc2ccccc2NC1. The van der Waals surface area contributed by atoms with Crippen molar-refractivity contribution in [2.75, 3.05) is 18.4 Å². The van der Waals surface area contributed by atoms with E-state index >= 15 is 0 Å². The van der Waals surface area contributed by atoms with Crippen molar-refractivity contribution in [1.82, 2.24) is 5.32 Å². The van der Waals surface area contributed by atoms with Crippen LogP contribution in [0.5, 0.6) is 0 Å². The lowest BCUT2D eigenvalue weighted by Crippen LogP contribution is -2.39. The molecule has 0 bridgehead atoms. The Hall–Kier alpha value is -2.14. The van der Waals surface area contributed by atoms with Crippen LogP contribution < -0.4 is 16.4 Å². The number of rotatable bonds is 7. The molecule has 5 N–H and O–H groups in total. The zero-order valence-electron chi connectivity index (χ0n) is 13.4. The van der Waals surface area contributed by atoms with Crippen LogP contribution in [0, 0.1) is 11.3 Å². The summed E-state index contributed by atoms with van der Waals surface area (Å²) in [7, 11) is 0. The van der Waals surface area contributed by atoms with Gasteiger partial charge in [0.1, 0.15) is 0 Å². The Balaban J connectivity index is 1.58. The predicted octanol–water partition coefficient (Wildman–Crippen LogP) is 2.83. The first kappa shape index (κ1) is 15.7. The molecule has 0 saturated heterocycles. The highest BCUT2D eigenvalue weighted by Gasteiger charge is 2.27. The molecule has 5 heteroatoms. The van der Waals surface area contributed by atoms with Crippen LogP contribution in [0.3, 0.4) is 0 Å². The predicted molar refractivity (Wildman–Crippen MR) is 96.8 cm³/mol. The number of benzene rings is 1. The Kier molecular flexibility index (Phi) is 5.08. The summed E-state index contributed by atoms with van der Waals surface area (Å²) < 4.78 is 0. The van der Waals surface area contributed by atoms with Crippen molar-refractivity contribution >= 4 is 23.3 Å². The second-order valence-electron chi connectivity index (χ2n) is 6.31. The zero-order valence-corrected chi connectivity index (χ0v) is 13.4. The topological polar surface area (TPSA) is 86.3 Å². The standard InChI is InChI=1S/C18H25N5/c19-7-3-4-13-8-15(9-13)21-11-14(10-20)18-12-22-16-5-1-2-6-17(16)23-18/h1-2,5-6,10-11,13,15,20-22H,3-4,7-9,12,19H2/b14-11+,20-10?. The van der Waals surface area contributed by atoms with Crippen molar-refractivity contribution in [1.29, 1.82) is 5.41 Å². The van der Waals surface area contributed by atoms with Gasteiger partial charge in [-0.05, 0) is 50.3 Å². The maximum Gasteiger partial charge on any atom is 0.0865 e. The largest absolute Gasteiger partial charge is 0.388 e. The average molecular weight is 311 g/mol. The Bertz CT molecular complexity index is 614. The average Bonchev–Trinajstić information content (AvgIpc) is 2.56. The molecule has 1 aliphatic heterocycles. The highest BCUT2D eigenvalue weighted by molar-refractivity contribution is 6.18. The van der Waals surface area contributed by atoms with Gasteiger partial charge in [-0.15, -0.1) is 0 Å². The van der Waals surface area contributed by atoms with Gasteiger partial charge < -0.3 is 21.8 Å². The van der Waals surface area contributed by atoms with Gasteiger partial charge in [-0.3, -0.25) is 0 Å². The zero-order chi connectivity index (χ0) is 16.1. The van der Waals surface area contributed by atoms with Gasteiger partial charge in [-0.25, -0.2) is 4.99 Å². The minimum absolute atomic E-state index is 0.525. The van der Waals surface area contributed by atoms with Crippen LogP contribution in [-0.2, 0) is 0 Å². The molecule has 1 aromatic rings. The molecule has 0 amide bonds. The summed E-state index contributed by atoms with van der Waals surface area (Å²) in [5.74, 6) is 0.813. The number of nitrogens with zero attached hydrogens (tertiary/aromatic N) is 1. The van der Waals surface area contributed by atoms with E-state index in [1.54, 1.807) is 0 Å². The van der Waals surface area contributed by atoms with E-state index < -0.39 is 0 Å². The van der Waals surface area contributed by atoms with E-state index in [1.807, 2.05) is 30.5 Å². The Morgan fingerprint density at radius 2 is 2.22 bits per heavy atom. The molecular formula is C18H25N5. The lowest BCUT2D eigenvalue weighted by Gasteiger charge is -2.35. The Labute approximate surface area is 137 Å². The Morgan fingerprint density at radius 1 is 1.39 bits per heavy atom. The van der Waals surface area contributed by atoms with Gasteiger partial charge in [0.15, 0.2) is 0 Å². The van der Waals surface area contributed by atoms with Gasteiger partial charge in [-0.1, -0.05) is 12.1 Å². The molecule has 0 unspecified atom stereocenters. The second kappa shape index (κ2) is 7.42. The first-order valence-electron chi connectivity index (χ1n) is 8.37. The highest BCUT2D eigenvalue weighted by atomic mass is 15.0. The third-order valence-corrected chi connectivity index (χ3v) is 4.62. The van der Waals surface area contributed by atoms with Crippen LogP contribution in [0.25, 0.3) is 0 Å². The lowest BCUT2D eigenvalue weighted by molar-refractivity contribution is 0.223. The summed E-state index contributed by atoms with van der Waals surface area (Å²) >= 11 is 0. The molecule has 1 heterocycles. The van der Waals surface area contributed by atoms with E-state index in [2.05, 4.69) is 15.6 Å². The maximum atomic E-state index is 7.67. The molecule has 0 atom stereocenters. The summed E-state index contributed by atoms with van der Waals surface area (Å²) in [4.78, 5) is 4.67. The van der Waals surface area contributed by atoms with Gasteiger partial charge in [0.05, 0.1) is 23.6 Å². The minimum atomic E-state index is 0.525. The van der Waals surface area contributed by atoms with Gasteiger partial charge in [0, 0.05) is 24.0 Å². The van der Waals surface area contributed by atoms with Crippen LogP contribution in [0.2, 0.25) is 0 Å². The number of nitrogens with two attached hydrogens (primary N) is 1. The molecule has 5 nitrogen and oxygen atoms in total. The molecule has 0 aromatic heterocycles. The van der Waals surface area contributed by atoms with Gasteiger partial charge in [0.2, 0.25) is 0 Å². The third-order valence-electron chi connectivity index (χ3n) is 4.62. The van der Waals surface area contributed by atoms with Crippen LogP contribution in [0.1, 0.15) is 25.7 Å². The molecule has 1 saturated carbocycles. The summed E-state index contributed by atoms with van der Waals surface area (Å²) in [6, 6.07) is 8.52. The lowest BCUT2D eigenvalue weighted by atomic mass is 9.77. The fourth-order valence-electron chi connectivity index (χ4n) is 3.18. The van der Waals surface area contributed by atoms with Crippen molar-refractivity contribution in [2.45, 2.75) is 31.7 Å². The van der Waals surface area contributed by atoms with E-state index in [0.717, 1.165) is 41.5 Å². The van der Waals surface area contributed by atoms with Gasteiger partial charge in [0.25, 0.3) is 0 Å². The molecule has 1 aromatic carbocycles. The molecule has 0 radical (unpaired) electrons. The summed E-state index contributed by atoms with van der Waals surface area (Å²) in [6.45, 7) is 1.45. The smallest absolute Gasteiger partial charge is 0.0865 e. The molecule has 0 spiro atoms. The maximum absolute atomic E-state index is 7.67. The van der Waals surface area contributed by atoms with Crippen molar-refractivity contribution in [3.05, 3.63) is 36.0 Å². The van der Waals surface area contributed by atoms with Crippen molar-refractivity contribution in [3.8, 4) is 0 Å². The van der Waals surface area contributed by atoms with Crippen molar-refractivity contribution in [3.63, 3.8) is 0 Å². The number of nitrogens with one attached hydrogen (secondary N) is 3. The third kappa shape index (κ3) is 3.79. The molecule has 3 rings (SSSR count). The quantitative estimate of drug-likeness (QED) is 0.584. The first-order chi connectivity index (χ1) is 11.3. The number of aliphatic imine (C=N–C) groups is 1. The number of hydrogen-bond acceptors (Lipinski definition) is 5. The minimum Gasteiger partial charge on any atom is -0.388 e. The monoisotopic (exact) mass is 311 g/mol. The van der Waals surface area contributed by atoms with Crippen LogP contribution >= 0.6 is 0 Å². The van der Waals surface area contributed by atoms with Crippen molar-refractivity contribution in [2.24, 2.45) is 16.6 Å². The van der Waals surface area contributed by atoms with Gasteiger partial charge in [-0.2, -0.15) is 0 Å². The van der Waals surface area contributed by atoms with Crippen molar-refractivity contribution < 1.29 is 0 Å². The molecule has 122 valence electrons. The normalized spacial score (nSPS) is 23.2. The van der Waals surface area contributed by atoms with E-state index in [1.165, 1.54) is 25.5 Å². The number of fused-ring (bicyclic) bond motifs is 1. The molecule has 23 heavy (non-hydrogen) atoms. The molecule has 1 aliphatic carbocycles. The summed E-state index contributed by atoms with van der Waals surface area (Å²) in [6.07, 6.45) is 8.10. The fraction of sp³-hybridized carbons (Fsp3) is 0.444. The number of para-hydroxylation sites is 2. The second-order valence-corrected chi connectivity index (χ2v) is 6.31. The molecular weight excluding hydrogens is 286 g/mol. The van der Waals surface area contributed by atoms with Crippen LogP contribution in [0.15, 0.2) is 41.0 Å². The van der Waals surface area contributed by atoms with Crippen LogP contribution in [-0.4, -0.2) is 31.1 Å². The van der Waals surface area contributed by atoms with E-state index in [-0.39, 0.29) is 0 Å². The number of hydrogen-bond donors (Lipinski definition) is 4. The van der Waals surface area contributed by atoms with E-state index in [9.17, 15) is 0 Å². The Morgan fingerprint density at radius 3 is 3.00 bits per heavy atom. The molecule has 1 fully saturated rings. The number of anilines is 1. The van der Waals surface area contributed by atoms with E-state index in [4.69, 9.17) is 11.1 Å².